The Labute approximate surface area is 85.9 Å². The fourth-order valence-corrected chi connectivity index (χ4v) is 1.54. The van der Waals surface area contributed by atoms with Gasteiger partial charge in [0, 0.05) is 10.6 Å². The molecule has 0 aromatic rings. The van der Waals surface area contributed by atoms with E-state index in [4.69, 9.17) is 0 Å². The van der Waals surface area contributed by atoms with Gasteiger partial charge in [0.1, 0.15) is 5.83 Å². The van der Waals surface area contributed by atoms with Gasteiger partial charge in [0.2, 0.25) is 0 Å². The molecule has 1 atom stereocenters. The molecule has 0 heterocycles. The van der Waals surface area contributed by atoms with E-state index in [2.05, 4.69) is 20.7 Å². The van der Waals surface area contributed by atoms with Crippen molar-refractivity contribution in [3.05, 3.63) is 34.8 Å². The minimum atomic E-state index is -2.55. The molecule has 78 valence electrons. The van der Waals surface area contributed by atoms with Crippen LogP contribution in [0, 0.1) is 0 Å². The zero-order chi connectivity index (χ0) is 10.8. The van der Waals surface area contributed by atoms with Gasteiger partial charge in [0.05, 0.1) is 6.42 Å². The SMILES string of the molecule is FC(F)=COC1(F)C=C(Br)C=C(F)C1. The highest BCUT2D eigenvalue weighted by Gasteiger charge is 2.33. The molecule has 1 nitrogen and oxygen atoms in total. The van der Waals surface area contributed by atoms with E-state index >= 15 is 0 Å². The second-order valence-electron chi connectivity index (χ2n) is 2.61. The third kappa shape index (κ3) is 3.17. The van der Waals surface area contributed by atoms with Gasteiger partial charge in [-0.3, -0.25) is 0 Å². The molecule has 0 saturated carbocycles. The van der Waals surface area contributed by atoms with Crippen LogP contribution in [-0.2, 0) is 4.74 Å². The summed E-state index contributed by atoms with van der Waals surface area (Å²) in [5.74, 6) is -3.34. The summed E-state index contributed by atoms with van der Waals surface area (Å²) < 4.78 is 53.5. The lowest BCUT2D eigenvalue weighted by Crippen LogP contribution is -2.24. The average Bonchev–Trinajstić information content (AvgIpc) is 1.98. The summed E-state index contributed by atoms with van der Waals surface area (Å²) >= 11 is 2.83. The molecule has 0 aromatic carbocycles. The molecule has 0 bridgehead atoms. The normalized spacial score (nSPS) is 26.4. The molecular weight excluding hydrogens is 268 g/mol. The zero-order valence-electron chi connectivity index (χ0n) is 6.74. The molecule has 1 unspecified atom stereocenters. The number of rotatable bonds is 2. The van der Waals surface area contributed by atoms with Crippen LogP contribution in [-0.4, -0.2) is 5.85 Å². The summed E-state index contributed by atoms with van der Waals surface area (Å²) in [5.41, 5.74) is 0. The first-order valence-electron chi connectivity index (χ1n) is 3.54. The third-order valence-corrected chi connectivity index (χ3v) is 1.86. The van der Waals surface area contributed by atoms with E-state index in [0.29, 0.717) is 0 Å². The Hall–Kier alpha value is -0.780. The lowest BCUT2D eigenvalue weighted by atomic mass is 10.1. The van der Waals surface area contributed by atoms with Crippen molar-refractivity contribution in [2.45, 2.75) is 12.3 Å². The van der Waals surface area contributed by atoms with Gasteiger partial charge in [-0.2, -0.15) is 13.2 Å². The first-order chi connectivity index (χ1) is 6.41. The van der Waals surface area contributed by atoms with Crippen molar-refractivity contribution in [3.63, 3.8) is 0 Å². The molecular formula is C8H5BrF4O. The summed E-state index contributed by atoms with van der Waals surface area (Å²) in [7, 11) is 0. The predicted octanol–water partition coefficient (Wildman–Crippen LogP) is 3.94. The molecule has 0 fully saturated rings. The molecule has 1 rings (SSSR count). The molecule has 14 heavy (non-hydrogen) atoms. The van der Waals surface area contributed by atoms with Crippen molar-refractivity contribution >= 4 is 15.9 Å². The summed E-state index contributed by atoms with van der Waals surface area (Å²) in [6, 6.07) is 0. The lowest BCUT2D eigenvalue weighted by Gasteiger charge is -2.22. The summed E-state index contributed by atoms with van der Waals surface area (Å²) in [6.45, 7) is 0. The van der Waals surface area contributed by atoms with Crippen LogP contribution in [0.3, 0.4) is 0 Å². The van der Waals surface area contributed by atoms with Gasteiger partial charge < -0.3 is 4.74 Å². The van der Waals surface area contributed by atoms with Crippen LogP contribution in [0.4, 0.5) is 17.6 Å². The van der Waals surface area contributed by atoms with Crippen molar-refractivity contribution in [1.82, 2.24) is 0 Å². The minimum Gasteiger partial charge on any atom is -0.456 e. The van der Waals surface area contributed by atoms with Gasteiger partial charge in [-0.15, -0.1) is 0 Å². The van der Waals surface area contributed by atoms with Gasteiger partial charge in [-0.1, -0.05) is 15.9 Å². The van der Waals surface area contributed by atoms with E-state index in [-0.39, 0.29) is 10.7 Å². The Balaban J connectivity index is 2.77. The van der Waals surface area contributed by atoms with E-state index in [1.165, 1.54) is 0 Å². The third-order valence-electron chi connectivity index (χ3n) is 1.40. The number of hydrogen-bond acceptors (Lipinski definition) is 1. The topological polar surface area (TPSA) is 9.23 Å². The highest BCUT2D eigenvalue weighted by Crippen LogP contribution is 2.34. The van der Waals surface area contributed by atoms with E-state index < -0.39 is 24.2 Å². The highest BCUT2D eigenvalue weighted by molar-refractivity contribution is 9.11. The Morgan fingerprint density at radius 1 is 1.57 bits per heavy atom. The summed E-state index contributed by atoms with van der Waals surface area (Å²) in [5, 5.41) is 0. The number of hydrogen-bond donors (Lipinski definition) is 0. The smallest absolute Gasteiger partial charge is 0.304 e. The molecule has 0 N–H and O–H groups in total. The Bertz CT molecular complexity index is 319. The maximum absolute atomic E-state index is 13.4. The first kappa shape index (κ1) is 11.3. The van der Waals surface area contributed by atoms with Crippen LogP contribution < -0.4 is 0 Å². The summed E-state index contributed by atoms with van der Waals surface area (Å²) in [4.78, 5) is 0. The van der Waals surface area contributed by atoms with E-state index in [1.807, 2.05) is 0 Å². The van der Waals surface area contributed by atoms with Crippen molar-refractivity contribution in [1.29, 1.82) is 0 Å². The minimum absolute atomic E-state index is 0.0462. The predicted molar refractivity (Wildman–Crippen MR) is 46.0 cm³/mol. The molecule has 0 aliphatic heterocycles. The van der Waals surface area contributed by atoms with E-state index in [1.54, 1.807) is 0 Å². The highest BCUT2D eigenvalue weighted by atomic mass is 79.9. The maximum atomic E-state index is 13.4. The van der Waals surface area contributed by atoms with Crippen LogP contribution in [0.15, 0.2) is 34.8 Å². The molecule has 0 aromatic heterocycles. The fourth-order valence-electron chi connectivity index (χ4n) is 0.948. The monoisotopic (exact) mass is 272 g/mol. The Morgan fingerprint density at radius 3 is 2.71 bits per heavy atom. The second-order valence-corrected chi connectivity index (χ2v) is 3.52. The van der Waals surface area contributed by atoms with Crippen molar-refractivity contribution in [2.75, 3.05) is 0 Å². The van der Waals surface area contributed by atoms with Crippen LogP contribution >= 0.6 is 15.9 Å². The first-order valence-corrected chi connectivity index (χ1v) is 4.33. The van der Waals surface area contributed by atoms with Crippen molar-refractivity contribution < 1.29 is 22.3 Å². The van der Waals surface area contributed by atoms with Crippen molar-refractivity contribution in [3.8, 4) is 0 Å². The molecule has 0 radical (unpaired) electrons. The van der Waals surface area contributed by atoms with Crippen molar-refractivity contribution in [2.24, 2.45) is 0 Å². The van der Waals surface area contributed by atoms with Gasteiger partial charge >= 0.3 is 6.08 Å². The average molecular weight is 273 g/mol. The molecule has 6 heteroatoms. The summed E-state index contributed by atoms with van der Waals surface area (Å²) in [6.07, 6.45) is -1.03. The second kappa shape index (κ2) is 4.16. The number of allylic oxidation sites excluding steroid dienone is 2. The largest absolute Gasteiger partial charge is 0.456 e. The van der Waals surface area contributed by atoms with Crippen LogP contribution in [0.1, 0.15) is 6.42 Å². The maximum Gasteiger partial charge on any atom is 0.304 e. The zero-order valence-corrected chi connectivity index (χ0v) is 8.32. The number of halogens is 5. The van der Waals surface area contributed by atoms with Gasteiger partial charge in [0.15, 0.2) is 6.26 Å². The lowest BCUT2D eigenvalue weighted by molar-refractivity contribution is -0.0614. The van der Waals surface area contributed by atoms with Crippen LogP contribution in [0.2, 0.25) is 0 Å². The van der Waals surface area contributed by atoms with Crippen LogP contribution in [0.5, 0.6) is 0 Å². The molecule has 0 saturated heterocycles. The molecule has 0 spiro atoms. The Kier molecular flexibility index (Phi) is 3.36. The van der Waals surface area contributed by atoms with E-state index in [0.717, 1.165) is 12.2 Å². The molecule has 0 amide bonds. The number of alkyl halides is 1. The number of ether oxygens (including phenoxy) is 1. The standard InChI is InChI=1S/C8H5BrF4O/c9-5-1-6(10)3-8(13,2-5)14-4-7(11)12/h1-2,4H,3H2. The molecule has 1 aliphatic carbocycles. The van der Waals surface area contributed by atoms with Gasteiger partial charge in [0.25, 0.3) is 5.85 Å². The Morgan fingerprint density at radius 2 is 2.21 bits per heavy atom. The van der Waals surface area contributed by atoms with Gasteiger partial charge in [-0.05, 0) is 6.08 Å². The van der Waals surface area contributed by atoms with Crippen LogP contribution in [0.25, 0.3) is 0 Å². The molecule has 1 aliphatic rings. The van der Waals surface area contributed by atoms with Gasteiger partial charge in [-0.25, -0.2) is 4.39 Å². The van der Waals surface area contributed by atoms with E-state index in [9.17, 15) is 17.6 Å². The quantitative estimate of drug-likeness (QED) is 0.547. The fraction of sp³-hybridized carbons (Fsp3) is 0.250.